The zero-order chi connectivity index (χ0) is 20.9. The first kappa shape index (κ1) is 23.9. The molecular formula is C25H40N2OS. The van der Waals surface area contributed by atoms with Gasteiger partial charge in [-0.15, -0.1) is 10.2 Å². The van der Waals surface area contributed by atoms with Crippen LogP contribution in [0.25, 0.3) is 10.6 Å². The van der Waals surface area contributed by atoms with Gasteiger partial charge < -0.3 is 4.74 Å². The SMILES string of the molecule is CCCCCCCc1nnc(-c2ccc(OCCC(C)CCCC(C)C)cc2)s1. The molecule has 0 fully saturated rings. The molecule has 0 aliphatic rings. The van der Waals surface area contributed by atoms with E-state index < -0.39 is 0 Å². The summed E-state index contributed by atoms with van der Waals surface area (Å²) >= 11 is 1.72. The van der Waals surface area contributed by atoms with Crippen LogP contribution in [0.3, 0.4) is 0 Å². The van der Waals surface area contributed by atoms with Gasteiger partial charge >= 0.3 is 0 Å². The normalized spacial score (nSPS) is 12.4. The van der Waals surface area contributed by atoms with E-state index in [1.165, 1.54) is 51.4 Å². The highest BCUT2D eigenvalue weighted by Gasteiger charge is 2.08. The third-order valence-electron chi connectivity index (χ3n) is 5.42. The van der Waals surface area contributed by atoms with E-state index in [4.69, 9.17) is 4.74 Å². The summed E-state index contributed by atoms with van der Waals surface area (Å²) in [5.41, 5.74) is 1.13. The van der Waals surface area contributed by atoms with Crippen LogP contribution in [0.5, 0.6) is 5.75 Å². The van der Waals surface area contributed by atoms with Gasteiger partial charge in [0, 0.05) is 12.0 Å². The summed E-state index contributed by atoms with van der Waals surface area (Å²) in [6.45, 7) is 9.99. The number of benzene rings is 1. The molecule has 0 saturated heterocycles. The number of nitrogens with zero attached hydrogens (tertiary/aromatic N) is 2. The van der Waals surface area contributed by atoms with Gasteiger partial charge in [0.25, 0.3) is 0 Å². The monoisotopic (exact) mass is 416 g/mol. The Morgan fingerprint density at radius 1 is 0.862 bits per heavy atom. The Labute approximate surface area is 182 Å². The maximum atomic E-state index is 5.95. The third-order valence-corrected chi connectivity index (χ3v) is 6.45. The fraction of sp³-hybridized carbons (Fsp3) is 0.680. The van der Waals surface area contributed by atoms with Crippen LogP contribution in [0, 0.1) is 11.8 Å². The lowest BCUT2D eigenvalue weighted by molar-refractivity contribution is 0.276. The van der Waals surface area contributed by atoms with E-state index in [1.807, 2.05) is 0 Å². The van der Waals surface area contributed by atoms with Crippen molar-refractivity contribution in [2.45, 2.75) is 91.9 Å². The number of aryl methyl sites for hydroxylation is 1. The fourth-order valence-corrected chi connectivity index (χ4v) is 4.33. The first-order chi connectivity index (χ1) is 14.1. The standard InChI is InChI=1S/C25H40N2OS/c1-5-6-7-8-9-13-24-26-27-25(29-24)22-14-16-23(17-15-22)28-19-18-21(4)12-10-11-20(2)3/h14-17,20-21H,5-13,18-19H2,1-4H3. The Balaban J connectivity index is 1.70. The van der Waals surface area contributed by atoms with Crippen LogP contribution < -0.4 is 4.74 Å². The van der Waals surface area contributed by atoms with Gasteiger partial charge in [-0.2, -0.15) is 0 Å². The lowest BCUT2D eigenvalue weighted by atomic mass is 9.98. The van der Waals surface area contributed by atoms with E-state index in [0.717, 1.165) is 52.6 Å². The molecule has 0 bridgehead atoms. The first-order valence-electron chi connectivity index (χ1n) is 11.6. The van der Waals surface area contributed by atoms with Crippen molar-refractivity contribution in [3.8, 4) is 16.3 Å². The second-order valence-electron chi connectivity index (χ2n) is 8.76. The Hall–Kier alpha value is -1.42. The third kappa shape index (κ3) is 9.75. The van der Waals surface area contributed by atoms with Crippen LogP contribution in [0.2, 0.25) is 0 Å². The molecule has 1 heterocycles. The largest absolute Gasteiger partial charge is 0.494 e. The molecule has 0 amide bonds. The number of rotatable bonds is 15. The molecule has 1 aromatic carbocycles. The van der Waals surface area contributed by atoms with Crippen LogP contribution in [0.4, 0.5) is 0 Å². The summed E-state index contributed by atoms with van der Waals surface area (Å²) in [4.78, 5) is 0. The molecule has 162 valence electrons. The van der Waals surface area contributed by atoms with E-state index >= 15 is 0 Å². The van der Waals surface area contributed by atoms with Gasteiger partial charge in [0.1, 0.15) is 15.8 Å². The lowest BCUT2D eigenvalue weighted by Gasteiger charge is -2.13. The lowest BCUT2D eigenvalue weighted by Crippen LogP contribution is -2.04. The van der Waals surface area contributed by atoms with Gasteiger partial charge in [0.05, 0.1) is 6.61 Å². The minimum atomic E-state index is 0.731. The van der Waals surface area contributed by atoms with Gasteiger partial charge in [-0.05, 0) is 48.9 Å². The highest BCUT2D eigenvalue weighted by molar-refractivity contribution is 7.14. The number of hydrogen-bond acceptors (Lipinski definition) is 4. The molecule has 2 rings (SSSR count). The quantitative estimate of drug-likeness (QED) is 0.276. The fourth-order valence-electron chi connectivity index (χ4n) is 3.44. The summed E-state index contributed by atoms with van der Waals surface area (Å²) < 4.78 is 5.95. The second kappa shape index (κ2) is 13.7. The van der Waals surface area contributed by atoms with Crippen LogP contribution >= 0.6 is 11.3 Å². The highest BCUT2D eigenvalue weighted by Crippen LogP contribution is 2.26. The Kier molecular flexibility index (Phi) is 11.3. The number of unbranched alkanes of at least 4 members (excludes halogenated alkanes) is 4. The van der Waals surface area contributed by atoms with E-state index in [-0.39, 0.29) is 0 Å². The topological polar surface area (TPSA) is 35.0 Å². The average molecular weight is 417 g/mol. The number of ether oxygens (including phenoxy) is 1. The predicted molar refractivity (Wildman–Crippen MR) is 126 cm³/mol. The molecule has 1 unspecified atom stereocenters. The zero-order valence-electron chi connectivity index (χ0n) is 19.0. The summed E-state index contributed by atoms with van der Waals surface area (Å²) in [6.07, 6.45) is 12.6. The first-order valence-corrected chi connectivity index (χ1v) is 12.5. The average Bonchev–Trinajstić information content (AvgIpc) is 3.17. The maximum absolute atomic E-state index is 5.95. The summed E-state index contributed by atoms with van der Waals surface area (Å²) in [7, 11) is 0. The van der Waals surface area contributed by atoms with Crippen molar-refractivity contribution in [3.05, 3.63) is 29.3 Å². The molecule has 0 spiro atoms. The molecule has 29 heavy (non-hydrogen) atoms. The molecule has 4 heteroatoms. The van der Waals surface area contributed by atoms with E-state index in [2.05, 4.69) is 62.2 Å². The predicted octanol–water partition coefficient (Wildman–Crippen LogP) is 7.95. The van der Waals surface area contributed by atoms with Crippen LogP contribution in [-0.2, 0) is 6.42 Å². The molecule has 0 saturated carbocycles. The van der Waals surface area contributed by atoms with Crippen LogP contribution in [-0.4, -0.2) is 16.8 Å². The molecule has 3 nitrogen and oxygen atoms in total. The van der Waals surface area contributed by atoms with E-state index in [0.29, 0.717) is 0 Å². The highest BCUT2D eigenvalue weighted by atomic mass is 32.1. The minimum absolute atomic E-state index is 0.731. The molecular weight excluding hydrogens is 376 g/mol. The van der Waals surface area contributed by atoms with Gasteiger partial charge in [-0.3, -0.25) is 0 Å². The molecule has 1 atom stereocenters. The van der Waals surface area contributed by atoms with Crippen molar-refractivity contribution in [1.82, 2.24) is 10.2 Å². The van der Waals surface area contributed by atoms with Crippen molar-refractivity contribution < 1.29 is 4.74 Å². The molecule has 0 aliphatic carbocycles. The summed E-state index contributed by atoms with van der Waals surface area (Å²) in [6, 6.07) is 8.33. The summed E-state index contributed by atoms with van der Waals surface area (Å²) in [5, 5.41) is 10.9. The molecule has 2 aromatic rings. The van der Waals surface area contributed by atoms with Gasteiger partial charge in [-0.25, -0.2) is 0 Å². The van der Waals surface area contributed by atoms with Crippen molar-refractivity contribution >= 4 is 11.3 Å². The maximum Gasteiger partial charge on any atom is 0.147 e. The molecule has 0 aliphatic heterocycles. The van der Waals surface area contributed by atoms with Crippen molar-refractivity contribution in [1.29, 1.82) is 0 Å². The van der Waals surface area contributed by atoms with Gasteiger partial charge in [-0.1, -0.05) is 84.0 Å². The smallest absolute Gasteiger partial charge is 0.147 e. The van der Waals surface area contributed by atoms with Crippen molar-refractivity contribution in [2.75, 3.05) is 6.61 Å². The van der Waals surface area contributed by atoms with Crippen molar-refractivity contribution in [3.63, 3.8) is 0 Å². The molecule has 0 N–H and O–H groups in total. The molecule has 0 radical (unpaired) electrons. The zero-order valence-corrected chi connectivity index (χ0v) is 19.8. The summed E-state index contributed by atoms with van der Waals surface area (Å²) in [5.74, 6) is 2.49. The second-order valence-corrected chi connectivity index (χ2v) is 9.82. The molecule has 1 aromatic heterocycles. The van der Waals surface area contributed by atoms with Crippen LogP contribution in [0.15, 0.2) is 24.3 Å². The van der Waals surface area contributed by atoms with E-state index in [1.54, 1.807) is 11.3 Å². The Morgan fingerprint density at radius 3 is 2.34 bits per heavy atom. The van der Waals surface area contributed by atoms with Gasteiger partial charge in [0.2, 0.25) is 0 Å². The Bertz CT molecular complexity index is 666. The van der Waals surface area contributed by atoms with Crippen molar-refractivity contribution in [2.24, 2.45) is 11.8 Å². The Morgan fingerprint density at radius 2 is 1.62 bits per heavy atom. The van der Waals surface area contributed by atoms with Gasteiger partial charge in [0.15, 0.2) is 0 Å². The number of hydrogen-bond donors (Lipinski definition) is 0. The van der Waals surface area contributed by atoms with E-state index in [9.17, 15) is 0 Å². The number of aromatic nitrogens is 2. The van der Waals surface area contributed by atoms with Crippen LogP contribution in [0.1, 0.15) is 90.5 Å². The minimum Gasteiger partial charge on any atom is -0.494 e.